The van der Waals surface area contributed by atoms with Gasteiger partial charge in [0.2, 0.25) is 0 Å². The fourth-order valence-corrected chi connectivity index (χ4v) is 3.31. The first kappa shape index (κ1) is 21.7. The van der Waals surface area contributed by atoms with Crippen molar-refractivity contribution in [3.63, 3.8) is 0 Å². The van der Waals surface area contributed by atoms with Crippen LogP contribution in [0.15, 0.2) is 78.9 Å². The van der Waals surface area contributed by atoms with Crippen molar-refractivity contribution in [3.8, 4) is 17.3 Å². The van der Waals surface area contributed by atoms with E-state index in [1.807, 2.05) is 6.07 Å². The number of pyridine rings is 1. The first-order valence-electron chi connectivity index (χ1n) is 10.1. The number of fused-ring (bicyclic) bond motifs is 1. The Labute approximate surface area is 189 Å². The molecule has 4 aromatic rings. The highest BCUT2D eigenvalue weighted by molar-refractivity contribution is 6.06. The van der Waals surface area contributed by atoms with E-state index >= 15 is 0 Å². The van der Waals surface area contributed by atoms with Crippen LogP contribution in [-0.4, -0.2) is 23.0 Å². The van der Waals surface area contributed by atoms with Crippen molar-refractivity contribution in [1.82, 2.24) is 4.98 Å². The molecule has 1 unspecified atom stereocenters. The Balaban J connectivity index is 1.61. The van der Waals surface area contributed by atoms with E-state index in [1.165, 1.54) is 19.1 Å². The lowest BCUT2D eigenvalue weighted by atomic mass is 10.0. The third-order valence-corrected chi connectivity index (χ3v) is 5.03. The van der Waals surface area contributed by atoms with E-state index in [0.29, 0.717) is 33.4 Å². The van der Waals surface area contributed by atoms with Crippen LogP contribution in [0.4, 0.5) is 10.1 Å². The molecule has 0 aliphatic carbocycles. The molecule has 0 radical (unpaired) electrons. The molecule has 4 rings (SSSR count). The van der Waals surface area contributed by atoms with Gasteiger partial charge in [-0.2, -0.15) is 5.26 Å². The second-order valence-corrected chi connectivity index (χ2v) is 7.27. The minimum Gasteiger partial charge on any atom is -0.449 e. The van der Waals surface area contributed by atoms with Crippen molar-refractivity contribution in [1.29, 1.82) is 5.26 Å². The lowest BCUT2D eigenvalue weighted by molar-refractivity contribution is -0.123. The topological polar surface area (TPSA) is 92.1 Å². The highest BCUT2D eigenvalue weighted by atomic mass is 19.1. The Morgan fingerprint density at radius 3 is 2.48 bits per heavy atom. The van der Waals surface area contributed by atoms with Crippen molar-refractivity contribution in [2.45, 2.75) is 13.0 Å². The number of para-hydroxylation sites is 2. The molecule has 1 heterocycles. The molecule has 162 valence electrons. The third-order valence-electron chi connectivity index (χ3n) is 5.03. The zero-order valence-electron chi connectivity index (χ0n) is 17.6. The van der Waals surface area contributed by atoms with E-state index in [4.69, 9.17) is 4.74 Å². The van der Waals surface area contributed by atoms with Crippen LogP contribution in [-0.2, 0) is 9.53 Å². The third kappa shape index (κ3) is 4.70. The summed E-state index contributed by atoms with van der Waals surface area (Å²) in [7, 11) is 0. The molecule has 0 saturated carbocycles. The predicted molar refractivity (Wildman–Crippen MR) is 122 cm³/mol. The molecule has 0 aliphatic rings. The van der Waals surface area contributed by atoms with E-state index < -0.39 is 18.0 Å². The minimum atomic E-state index is -1.12. The molecule has 0 saturated heterocycles. The smallest absolute Gasteiger partial charge is 0.339 e. The summed E-state index contributed by atoms with van der Waals surface area (Å²) in [4.78, 5) is 30.2. The lowest BCUT2D eigenvalue weighted by Crippen LogP contribution is -2.30. The maximum Gasteiger partial charge on any atom is 0.339 e. The highest BCUT2D eigenvalue weighted by Gasteiger charge is 2.22. The summed E-state index contributed by atoms with van der Waals surface area (Å²) in [6.07, 6.45) is -1.12. The Morgan fingerprint density at radius 2 is 1.73 bits per heavy atom. The van der Waals surface area contributed by atoms with Crippen LogP contribution in [0.2, 0.25) is 0 Å². The number of rotatable bonds is 5. The number of nitrogens with one attached hydrogen (secondary N) is 1. The van der Waals surface area contributed by atoms with Gasteiger partial charge in [-0.3, -0.25) is 4.79 Å². The van der Waals surface area contributed by atoms with Gasteiger partial charge < -0.3 is 10.1 Å². The molecule has 1 N–H and O–H groups in total. The molecule has 1 aromatic heterocycles. The number of hydrogen-bond acceptors (Lipinski definition) is 5. The summed E-state index contributed by atoms with van der Waals surface area (Å²) in [5, 5.41) is 12.4. The molecule has 0 bridgehead atoms. The first-order chi connectivity index (χ1) is 16.0. The first-order valence-corrected chi connectivity index (χ1v) is 10.1. The molecule has 1 atom stereocenters. The zero-order chi connectivity index (χ0) is 23.4. The molecule has 1 amide bonds. The van der Waals surface area contributed by atoms with Crippen LogP contribution < -0.4 is 5.32 Å². The number of benzene rings is 3. The number of hydrogen-bond donors (Lipinski definition) is 1. The van der Waals surface area contributed by atoms with Gasteiger partial charge in [-0.15, -0.1) is 0 Å². The summed E-state index contributed by atoms with van der Waals surface area (Å²) < 4.78 is 18.8. The van der Waals surface area contributed by atoms with Gasteiger partial charge in [0.15, 0.2) is 6.10 Å². The highest BCUT2D eigenvalue weighted by Crippen LogP contribution is 2.26. The number of esters is 1. The lowest BCUT2D eigenvalue weighted by Gasteiger charge is -2.15. The number of nitriles is 1. The van der Waals surface area contributed by atoms with Crippen LogP contribution in [0, 0.1) is 17.1 Å². The van der Waals surface area contributed by atoms with Gasteiger partial charge in [-0.05, 0) is 55.5 Å². The van der Waals surface area contributed by atoms with E-state index in [1.54, 1.807) is 66.7 Å². The molecule has 0 fully saturated rings. The van der Waals surface area contributed by atoms with Crippen molar-refractivity contribution >= 4 is 28.5 Å². The summed E-state index contributed by atoms with van der Waals surface area (Å²) >= 11 is 0. The maximum atomic E-state index is 13.3. The van der Waals surface area contributed by atoms with Gasteiger partial charge in [0, 0.05) is 10.9 Å². The van der Waals surface area contributed by atoms with Crippen LogP contribution in [0.25, 0.3) is 22.2 Å². The van der Waals surface area contributed by atoms with Crippen LogP contribution in [0.5, 0.6) is 0 Å². The van der Waals surface area contributed by atoms with Crippen molar-refractivity contribution in [2.75, 3.05) is 5.32 Å². The fraction of sp³-hybridized carbons (Fsp3) is 0.0769. The summed E-state index contributed by atoms with van der Waals surface area (Å²) in [6, 6.07) is 22.9. The van der Waals surface area contributed by atoms with Gasteiger partial charge in [-0.1, -0.05) is 30.3 Å². The number of amides is 1. The van der Waals surface area contributed by atoms with Crippen LogP contribution in [0.3, 0.4) is 0 Å². The SMILES string of the molecule is CC(OC(=O)c1cc(-c2ccc(F)cc2)nc2ccccc12)C(=O)Nc1ccccc1C#N. The second kappa shape index (κ2) is 9.28. The Hall–Kier alpha value is -4.57. The van der Waals surface area contributed by atoms with Gasteiger partial charge >= 0.3 is 5.97 Å². The fourth-order valence-electron chi connectivity index (χ4n) is 3.31. The van der Waals surface area contributed by atoms with Crippen LogP contribution >= 0.6 is 0 Å². The van der Waals surface area contributed by atoms with Crippen molar-refractivity contribution in [3.05, 3.63) is 95.8 Å². The Bertz CT molecular complexity index is 1390. The molecular formula is C26H18FN3O3. The van der Waals surface area contributed by atoms with Gasteiger partial charge in [0.05, 0.1) is 28.0 Å². The van der Waals surface area contributed by atoms with Crippen LogP contribution in [0.1, 0.15) is 22.8 Å². The second-order valence-electron chi connectivity index (χ2n) is 7.27. The van der Waals surface area contributed by atoms with E-state index in [-0.39, 0.29) is 11.4 Å². The van der Waals surface area contributed by atoms with Gasteiger partial charge in [0.25, 0.3) is 5.91 Å². The number of anilines is 1. The molecule has 0 spiro atoms. The number of halogens is 1. The molecule has 6 nitrogen and oxygen atoms in total. The maximum absolute atomic E-state index is 13.3. The van der Waals surface area contributed by atoms with Crippen molar-refractivity contribution < 1.29 is 18.7 Å². The normalized spacial score (nSPS) is 11.4. The number of carbonyl (C=O) groups excluding carboxylic acids is 2. The number of nitrogens with zero attached hydrogens (tertiary/aromatic N) is 2. The Kier molecular flexibility index (Phi) is 6.09. The number of aromatic nitrogens is 1. The molecule has 0 aliphatic heterocycles. The van der Waals surface area contributed by atoms with Gasteiger partial charge in [-0.25, -0.2) is 14.2 Å². The van der Waals surface area contributed by atoms with E-state index in [2.05, 4.69) is 10.3 Å². The minimum absolute atomic E-state index is 0.233. The van der Waals surface area contributed by atoms with Gasteiger partial charge in [0.1, 0.15) is 11.9 Å². The summed E-state index contributed by atoms with van der Waals surface area (Å²) in [5.74, 6) is -1.65. The number of carbonyl (C=O) groups is 2. The average Bonchev–Trinajstić information content (AvgIpc) is 2.84. The zero-order valence-corrected chi connectivity index (χ0v) is 17.6. The molecule has 33 heavy (non-hydrogen) atoms. The monoisotopic (exact) mass is 439 g/mol. The quantitative estimate of drug-likeness (QED) is 0.437. The number of ether oxygens (including phenoxy) is 1. The standard InChI is InChI=1S/C26H18FN3O3/c1-16(25(31)30-22-8-4-2-6-18(22)15-28)33-26(32)21-14-24(17-10-12-19(27)13-11-17)29-23-9-5-3-7-20(21)23/h2-14,16H,1H3,(H,30,31). The molecule has 7 heteroatoms. The molecular weight excluding hydrogens is 421 g/mol. The van der Waals surface area contributed by atoms with Crippen molar-refractivity contribution in [2.24, 2.45) is 0 Å². The van der Waals surface area contributed by atoms with E-state index in [0.717, 1.165) is 0 Å². The Morgan fingerprint density at radius 1 is 1.03 bits per heavy atom. The van der Waals surface area contributed by atoms with E-state index in [9.17, 15) is 19.2 Å². The summed E-state index contributed by atoms with van der Waals surface area (Å²) in [6.45, 7) is 1.45. The summed E-state index contributed by atoms with van der Waals surface area (Å²) in [5.41, 5.74) is 2.54. The average molecular weight is 439 g/mol. The largest absolute Gasteiger partial charge is 0.449 e. The molecule has 3 aromatic carbocycles. The predicted octanol–water partition coefficient (Wildman–Crippen LogP) is 5.10.